The van der Waals surface area contributed by atoms with Crippen molar-refractivity contribution in [3.8, 4) is 0 Å². The molecule has 1 fully saturated rings. The van der Waals surface area contributed by atoms with Gasteiger partial charge in [0, 0.05) is 13.6 Å². The average Bonchev–Trinajstić information content (AvgIpc) is 2.79. The molecule has 2 heterocycles. The number of benzene rings is 1. The zero-order valence-electron chi connectivity index (χ0n) is 14.0. The molecule has 25 heavy (non-hydrogen) atoms. The fraction of sp³-hybridized carbons (Fsp3) is 0.412. The van der Waals surface area contributed by atoms with Crippen LogP contribution in [0.15, 0.2) is 29.1 Å². The Balaban J connectivity index is 1.69. The number of carbonyl (C=O) groups is 2. The number of rotatable bonds is 3. The fourth-order valence-electron chi connectivity index (χ4n) is 2.84. The molecule has 0 bridgehead atoms. The van der Waals surface area contributed by atoms with E-state index in [-0.39, 0.29) is 24.0 Å². The number of carbonyl (C=O) groups excluding carboxylic acids is 2. The molecule has 0 unspecified atom stereocenters. The van der Waals surface area contributed by atoms with E-state index in [1.54, 1.807) is 31.3 Å². The summed E-state index contributed by atoms with van der Waals surface area (Å²) in [7, 11) is 1.60. The van der Waals surface area contributed by atoms with Gasteiger partial charge in [0.2, 0.25) is 5.91 Å². The predicted molar refractivity (Wildman–Crippen MR) is 93.0 cm³/mol. The Morgan fingerprint density at radius 1 is 1.32 bits per heavy atom. The number of fused-ring (bicyclic) bond motifs is 1. The first-order valence-corrected chi connectivity index (χ1v) is 8.32. The number of amides is 3. The smallest absolute Gasteiger partial charge is 0.318 e. The van der Waals surface area contributed by atoms with E-state index in [9.17, 15) is 14.4 Å². The number of hydrogen-bond acceptors (Lipinski definition) is 4. The number of nitrogens with zero attached hydrogens (tertiary/aromatic N) is 2. The number of urea groups is 1. The summed E-state index contributed by atoms with van der Waals surface area (Å²) < 4.78 is 0. The van der Waals surface area contributed by atoms with Gasteiger partial charge >= 0.3 is 6.03 Å². The first-order chi connectivity index (χ1) is 12.0. The Kier molecular flexibility index (Phi) is 4.97. The standard InChI is InChI=1S/C17H21N5O3/c1-22(17(25)20-13-8-4-5-9-18-16(13)24)10-14-19-12-7-3-2-6-11(12)15(23)21-14/h2-3,6-7,13H,4-5,8-10H2,1H3,(H,18,24)(H,20,25)(H,19,21,23)/t13-/m0/s1. The quantitative estimate of drug-likeness (QED) is 0.764. The van der Waals surface area contributed by atoms with Gasteiger partial charge in [-0.1, -0.05) is 12.1 Å². The number of hydrogen-bond donors (Lipinski definition) is 3. The van der Waals surface area contributed by atoms with Crippen LogP contribution in [-0.4, -0.2) is 46.4 Å². The molecule has 1 aliphatic rings. The molecule has 0 saturated carbocycles. The van der Waals surface area contributed by atoms with Gasteiger partial charge in [0.15, 0.2) is 0 Å². The topological polar surface area (TPSA) is 107 Å². The molecule has 3 amide bonds. The maximum atomic E-state index is 12.3. The number of aromatic nitrogens is 2. The summed E-state index contributed by atoms with van der Waals surface area (Å²) in [6, 6.07) is 6.13. The highest BCUT2D eigenvalue weighted by atomic mass is 16.2. The van der Waals surface area contributed by atoms with Gasteiger partial charge < -0.3 is 20.5 Å². The molecule has 132 valence electrons. The normalized spacial score (nSPS) is 17.6. The van der Waals surface area contributed by atoms with Gasteiger partial charge in [0.1, 0.15) is 11.9 Å². The van der Waals surface area contributed by atoms with Crippen molar-refractivity contribution >= 4 is 22.8 Å². The van der Waals surface area contributed by atoms with Crippen LogP contribution in [0.2, 0.25) is 0 Å². The summed E-state index contributed by atoms with van der Waals surface area (Å²) in [5, 5.41) is 6.03. The van der Waals surface area contributed by atoms with E-state index in [4.69, 9.17) is 0 Å². The molecule has 3 N–H and O–H groups in total. The number of H-pyrrole nitrogens is 1. The van der Waals surface area contributed by atoms with Crippen molar-refractivity contribution in [1.29, 1.82) is 0 Å². The summed E-state index contributed by atoms with van der Waals surface area (Å²) in [6.45, 7) is 0.781. The fourth-order valence-corrected chi connectivity index (χ4v) is 2.84. The maximum Gasteiger partial charge on any atom is 0.318 e. The molecular weight excluding hydrogens is 322 g/mol. The van der Waals surface area contributed by atoms with Crippen molar-refractivity contribution in [2.24, 2.45) is 0 Å². The lowest BCUT2D eigenvalue weighted by molar-refractivity contribution is -0.122. The summed E-state index contributed by atoms with van der Waals surface area (Å²) in [5.74, 6) is 0.239. The van der Waals surface area contributed by atoms with Crippen LogP contribution in [0, 0.1) is 0 Å². The third-order valence-corrected chi connectivity index (χ3v) is 4.23. The summed E-state index contributed by atoms with van der Waals surface area (Å²) in [5.41, 5.74) is 0.343. The highest BCUT2D eigenvalue weighted by Gasteiger charge is 2.24. The molecule has 1 atom stereocenters. The summed E-state index contributed by atoms with van der Waals surface area (Å²) >= 11 is 0. The van der Waals surface area contributed by atoms with Crippen molar-refractivity contribution < 1.29 is 9.59 Å². The zero-order chi connectivity index (χ0) is 17.8. The van der Waals surface area contributed by atoms with Crippen LogP contribution in [0.4, 0.5) is 4.79 Å². The monoisotopic (exact) mass is 343 g/mol. The largest absolute Gasteiger partial charge is 0.354 e. The summed E-state index contributed by atoms with van der Waals surface area (Å²) in [4.78, 5) is 44.8. The molecule has 0 spiro atoms. The highest BCUT2D eigenvalue weighted by Crippen LogP contribution is 2.08. The molecular formula is C17H21N5O3. The van der Waals surface area contributed by atoms with Gasteiger partial charge in [-0.2, -0.15) is 0 Å². The van der Waals surface area contributed by atoms with Gasteiger partial charge in [-0.05, 0) is 31.4 Å². The maximum absolute atomic E-state index is 12.3. The van der Waals surface area contributed by atoms with E-state index in [1.165, 1.54) is 4.90 Å². The van der Waals surface area contributed by atoms with Crippen LogP contribution in [0.3, 0.4) is 0 Å². The van der Waals surface area contributed by atoms with Crippen molar-refractivity contribution in [2.75, 3.05) is 13.6 Å². The highest BCUT2D eigenvalue weighted by molar-refractivity contribution is 5.87. The molecule has 1 saturated heterocycles. The Hall–Kier alpha value is -2.90. The Morgan fingerprint density at radius 3 is 2.96 bits per heavy atom. The Bertz CT molecular complexity index is 848. The number of nitrogens with one attached hydrogen (secondary N) is 3. The van der Waals surface area contributed by atoms with Crippen LogP contribution >= 0.6 is 0 Å². The summed E-state index contributed by atoms with van der Waals surface area (Å²) in [6.07, 6.45) is 2.42. The van der Waals surface area contributed by atoms with E-state index in [0.29, 0.717) is 29.7 Å². The van der Waals surface area contributed by atoms with Gasteiger partial charge in [0.05, 0.1) is 17.4 Å². The number of aromatic amines is 1. The molecule has 1 aromatic heterocycles. The molecule has 1 aliphatic heterocycles. The molecule has 0 aliphatic carbocycles. The minimum Gasteiger partial charge on any atom is -0.354 e. The molecule has 8 nitrogen and oxygen atoms in total. The molecule has 3 rings (SSSR count). The van der Waals surface area contributed by atoms with Crippen LogP contribution in [0.5, 0.6) is 0 Å². The van der Waals surface area contributed by atoms with Crippen LogP contribution in [0.25, 0.3) is 10.9 Å². The molecule has 2 aromatic rings. The SMILES string of the molecule is CN(Cc1nc2ccccc2c(=O)[nH]1)C(=O)N[C@H]1CCCCNC1=O. The lowest BCUT2D eigenvalue weighted by atomic mass is 10.1. The van der Waals surface area contributed by atoms with Crippen LogP contribution in [-0.2, 0) is 11.3 Å². The molecule has 0 radical (unpaired) electrons. The average molecular weight is 343 g/mol. The third kappa shape index (κ3) is 3.96. The van der Waals surface area contributed by atoms with Crippen molar-refractivity contribution in [1.82, 2.24) is 25.5 Å². The van der Waals surface area contributed by atoms with Gasteiger partial charge in [0.25, 0.3) is 5.56 Å². The Labute approximate surface area is 144 Å². The van der Waals surface area contributed by atoms with E-state index in [0.717, 1.165) is 12.8 Å². The third-order valence-electron chi connectivity index (χ3n) is 4.23. The first-order valence-electron chi connectivity index (χ1n) is 8.32. The second-order valence-electron chi connectivity index (χ2n) is 6.17. The van der Waals surface area contributed by atoms with E-state index in [1.807, 2.05) is 0 Å². The molecule has 1 aromatic carbocycles. The lowest BCUT2D eigenvalue weighted by Crippen LogP contribution is -2.49. The predicted octanol–water partition coefficient (Wildman–Crippen LogP) is 0.733. The number of para-hydroxylation sites is 1. The van der Waals surface area contributed by atoms with Crippen molar-refractivity contribution in [3.63, 3.8) is 0 Å². The van der Waals surface area contributed by atoms with Gasteiger partial charge in [-0.3, -0.25) is 9.59 Å². The van der Waals surface area contributed by atoms with Gasteiger partial charge in [-0.25, -0.2) is 9.78 Å². The lowest BCUT2D eigenvalue weighted by Gasteiger charge is -2.21. The first kappa shape index (κ1) is 16.9. The van der Waals surface area contributed by atoms with Gasteiger partial charge in [-0.15, -0.1) is 0 Å². The van der Waals surface area contributed by atoms with Crippen molar-refractivity contribution in [2.45, 2.75) is 31.8 Å². The second-order valence-corrected chi connectivity index (χ2v) is 6.17. The molecule has 8 heteroatoms. The van der Waals surface area contributed by atoms with Crippen molar-refractivity contribution in [3.05, 3.63) is 40.4 Å². The minimum atomic E-state index is -0.527. The van der Waals surface area contributed by atoms with E-state index >= 15 is 0 Å². The minimum absolute atomic E-state index is 0.139. The van der Waals surface area contributed by atoms with Crippen LogP contribution < -0.4 is 16.2 Å². The zero-order valence-corrected chi connectivity index (χ0v) is 14.0. The second kappa shape index (κ2) is 7.33. The van der Waals surface area contributed by atoms with Crippen LogP contribution in [0.1, 0.15) is 25.1 Å². The van der Waals surface area contributed by atoms with E-state index in [2.05, 4.69) is 20.6 Å². The Morgan fingerprint density at radius 2 is 2.12 bits per heavy atom. The van der Waals surface area contributed by atoms with E-state index < -0.39 is 6.04 Å².